The van der Waals surface area contributed by atoms with Crippen LogP contribution < -0.4 is 0 Å². The standard InChI is InChI=1S/C12H24O3/c1-5-9-14-12(13-6-2)11(3,4)8-7-10-15-12/h5-10H2,1-4H3. The van der Waals surface area contributed by atoms with Crippen molar-refractivity contribution in [2.45, 2.75) is 52.9 Å². The van der Waals surface area contributed by atoms with Crippen molar-refractivity contribution in [2.24, 2.45) is 5.41 Å². The number of ether oxygens (including phenoxy) is 3. The predicted octanol–water partition coefficient (Wildman–Crippen LogP) is 2.94. The van der Waals surface area contributed by atoms with Crippen LogP contribution in [0.2, 0.25) is 0 Å². The van der Waals surface area contributed by atoms with Crippen molar-refractivity contribution in [3.63, 3.8) is 0 Å². The van der Waals surface area contributed by atoms with E-state index in [9.17, 15) is 0 Å². The van der Waals surface area contributed by atoms with E-state index in [0.717, 1.165) is 25.9 Å². The average Bonchev–Trinajstić information content (AvgIpc) is 2.19. The van der Waals surface area contributed by atoms with Gasteiger partial charge in [-0.05, 0) is 26.2 Å². The lowest BCUT2D eigenvalue weighted by Crippen LogP contribution is -2.54. The molecule has 3 nitrogen and oxygen atoms in total. The van der Waals surface area contributed by atoms with Crippen molar-refractivity contribution in [3.05, 3.63) is 0 Å². The van der Waals surface area contributed by atoms with Crippen LogP contribution in [0.15, 0.2) is 0 Å². The van der Waals surface area contributed by atoms with Gasteiger partial charge in [0, 0.05) is 12.0 Å². The van der Waals surface area contributed by atoms with Gasteiger partial charge in [0.1, 0.15) is 0 Å². The van der Waals surface area contributed by atoms with Crippen LogP contribution in [-0.4, -0.2) is 25.8 Å². The first-order valence-electron chi connectivity index (χ1n) is 6.00. The molecular weight excluding hydrogens is 192 g/mol. The largest absolute Gasteiger partial charge is 0.327 e. The fourth-order valence-electron chi connectivity index (χ4n) is 2.01. The minimum Gasteiger partial charge on any atom is -0.327 e. The minimum atomic E-state index is -0.823. The van der Waals surface area contributed by atoms with Gasteiger partial charge >= 0.3 is 0 Å². The predicted molar refractivity (Wildman–Crippen MR) is 59.6 cm³/mol. The molecule has 0 radical (unpaired) electrons. The Balaban J connectivity index is 2.75. The van der Waals surface area contributed by atoms with Crippen LogP contribution in [0.1, 0.15) is 47.0 Å². The Bertz CT molecular complexity index is 187. The van der Waals surface area contributed by atoms with Crippen LogP contribution in [0.4, 0.5) is 0 Å². The van der Waals surface area contributed by atoms with E-state index < -0.39 is 5.97 Å². The molecule has 0 aromatic heterocycles. The minimum absolute atomic E-state index is 0.0730. The summed E-state index contributed by atoms with van der Waals surface area (Å²) < 4.78 is 17.4. The van der Waals surface area contributed by atoms with Crippen molar-refractivity contribution in [1.29, 1.82) is 0 Å². The molecule has 1 unspecified atom stereocenters. The summed E-state index contributed by atoms with van der Waals surface area (Å²) in [4.78, 5) is 0. The molecule has 0 bridgehead atoms. The summed E-state index contributed by atoms with van der Waals surface area (Å²) >= 11 is 0. The first-order valence-corrected chi connectivity index (χ1v) is 6.00. The van der Waals surface area contributed by atoms with Crippen molar-refractivity contribution in [3.8, 4) is 0 Å². The van der Waals surface area contributed by atoms with Gasteiger partial charge in [-0.25, -0.2) is 0 Å². The highest BCUT2D eigenvalue weighted by atomic mass is 16.9. The van der Waals surface area contributed by atoms with Crippen LogP contribution in [0.3, 0.4) is 0 Å². The second kappa shape index (κ2) is 5.28. The molecule has 1 saturated heterocycles. The van der Waals surface area contributed by atoms with Crippen molar-refractivity contribution in [2.75, 3.05) is 19.8 Å². The summed E-state index contributed by atoms with van der Waals surface area (Å²) in [6.45, 7) is 10.4. The SMILES string of the molecule is CCCOC1(OCC)OCCCC1(C)C. The Morgan fingerprint density at radius 2 is 1.93 bits per heavy atom. The molecule has 0 aromatic rings. The number of hydrogen-bond acceptors (Lipinski definition) is 3. The van der Waals surface area contributed by atoms with E-state index in [1.807, 2.05) is 6.92 Å². The third-order valence-corrected chi connectivity index (χ3v) is 2.90. The molecule has 1 atom stereocenters. The second-order valence-electron chi connectivity index (χ2n) is 4.67. The fraction of sp³-hybridized carbons (Fsp3) is 1.00. The molecule has 0 amide bonds. The van der Waals surface area contributed by atoms with E-state index in [-0.39, 0.29) is 5.41 Å². The van der Waals surface area contributed by atoms with Gasteiger partial charge in [0.25, 0.3) is 5.97 Å². The van der Waals surface area contributed by atoms with Crippen LogP contribution >= 0.6 is 0 Å². The molecule has 0 aromatic carbocycles. The van der Waals surface area contributed by atoms with Gasteiger partial charge in [-0.3, -0.25) is 0 Å². The molecule has 1 rings (SSSR count). The lowest BCUT2D eigenvalue weighted by molar-refractivity contribution is -0.436. The normalized spacial score (nSPS) is 30.4. The molecule has 0 N–H and O–H groups in total. The average molecular weight is 216 g/mol. The molecule has 90 valence electrons. The quantitative estimate of drug-likeness (QED) is 0.661. The molecule has 15 heavy (non-hydrogen) atoms. The smallest absolute Gasteiger partial charge is 0.288 e. The summed E-state index contributed by atoms with van der Waals surface area (Å²) in [6, 6.07) is 0. The monoisotopic (exact) mass is 216 g/mol. The van der Waals surface area contributed by atoms with E-state index in [1.54, 1.807) is 0 Å². The third kappa shape index (κ3) is 2.71. The van der Waals surface area contributed by atoms with Crippen molar-refractivity contribution >= 4 is 0 Å². The summed E-state index contributed by atoms with van der Waals surface area (Å²) in [7, 11) is 0. The maximum atomic E-state index is 5.83. The van der Waals surface area contributed by atoms with Gasteiger partial charge in [0.2, 0.25) is 0 Å². The zero-order chi connectivity index (χ0) is 11.4. The van der Waals surface area contributed by atoms with Crippen molar-refractivity contribution < 1.29 is 14.2 Å². The molecule has 0 aliphatic carbocycles. The summed E-state index contributed by atoms with van der Waals surface area (Å²) in [6.07, 6.45) is 3.14. The maximum absolute atomic E-state index is 5.83. The van der Waals surface area contributed by atoms with Gasteiger partial charge in [-0.2, -0.15) is 0 Å². The van der Waals surface area contributed by atoms with Crippen LogP contribution in [0.25, 0.3) is 0 Å². The van der Waals surface area contributed by atoms with Gasteiger partial charge in [0.15, 0.2) is 0 Å². The van der Waals surface area contributed by atoms with Crippen molar-refractivity contribution in [1.82, 2.24) is 0 Å². The lowest BCUT2D eigenvalue weighted by Gasteiger charge is -2.47. The van der Waals surface area contributed by atoms with Crippen LogP contribution in [-0.2, 0) is 14.2 Å². The molecule has 1 aliphatic rings. The molecule has 3 heteroatoms. The summed E-state index contributed by atoms with van der Waals surface area (Å²) in [5.74, 6) is -0.823. The van der Waals surface area contributed by atoms with E-state index in [1.165, 1.54) is 0 Å². The summed E-state index contributed by atoms with van der Waals surface area (Å²) in [5, 5.41) is 0. The van der Waals surface area contributed by atoms with E-state index >= 15 is 0 Å². The van der Waals surface area contributed by atoms with Gasteiger partial charge in [-0.1, -0.05) is 20.8 Å². The first-order chi connectivity index (χ1) is 7.08. The second-order valence-corrected chi connectivity index (χ2v) is 4.67. The topological polar surface area (TPSA) is 27.7 Å². The zero-order valence-corrected chi connectivity index (χ0v) is 10.5. The highest BCUT2D eigenvalue weighted by molar-refractivity contribution is 4.84. The van der Waals surface area contributed by atoms with E-state index in [4.69, 9.17) is 14.2 Å². The molecule has 1 aliphatic heterocycles. The zero-order valence-electron chi connectivity index (χ0n) is 10.5. The Kier molecular flexibility index (Phi) is 4.56. The van der Waals surface area contributed by atoms with E-state index in [0.29, 0.717) is 13.2 Å². The molecular formula is C12H24O3. The fourth-order valence-corrected chi connectivity index (χ4v) is 2.01. The van der Waals surface area contributed by atoms with Gasteiger partial charge in [0.05, 0.1) is 13.2 Å². The molecule has 1 fully saturated rings. The van der Waals surface area contributed by atoms with Gasteiger partial charge < -0.3 is 14.2 Å². The molecule has 0 saturated carbocycles. The third-order valence-electron chi connectivity index (χ3n) is 2.90. The lowest BCUT2D eigenvalue weighted by atomic mass is 9.83. The van der Waals surface area contributed by atoms with Gasteiger partial charge in [-0.15, -0.1) is 0 Å². The Hall–Kier alpha value is -0.120. The Morgan fingerprint density at radius 3 is 2.47 bits per heavy atom. The maximum Gasteiger partial charge on any atom is 0.288 e. The molecule has 0 spiro atoms. The van der Waals surface area contributed by atoms with Crippen LogP contribution in [0, 0.1) is 5.41 Å². The Morgan fingerprint density at radius 1 is 1.20 bits per heavy atom. The highest BCUT2D eigenvalue weighted by Crippen LogP contribution is 2.43. The van der Waals surface area contributed by atoms with Crippen LogP contribution in [0.5, 0.6) is 0 Å². The molecule has 1 heterocycles. The Labute approximate surface area is 93.1 Å². The van der Waals surface area contributed by atoms with E-state index in [2.05, 4.69) is 20.8 Å². The first kappa shape index (κ1) is 12.9. The number of rotatable bonds is 5. The summed E-state index contributed by atoms with van der Waals surface area (Å²) in [5.41, 5.74) is -0.0730. The highest BCUT2D eigenvalue weighted by Gasteiger charge is 2.50. The number of hydrogen-bond donors (Lipinski definition) is 0.